The number of rotatable bonds is 7. The maximum absolute atomic E-state index is 12.7. The number of allylic oxidation sites excluding steroid dienone is 1. The van der Waals surface area contributed by atoms with E-state index in [4.69, 9.17) is 14.2 Å². The zero-order chi connectivity index (χ0) is 21.8. The summed E-state index contributed by atoms with van der Waals surface area (Å²) < 4.78 is 18.4. The first kappa shape index (κ1) is 20.4. The molecule has 1 aliphatic heterocycles. The van der Waals surface area contributed by atoms with E-state index < -0.39 is 12.0 Å². The first-order valence-corrected chi connectivity index (χ1v) is 9.89. The number of carbonyl (C=O) groups excluding carboxylic acids is 1. The lowest BCUT2D eigenvalue weighted by Crippen LogP contribution is -2.29. The van der Waals surface area contributed by atoms with Gasteiger partial charge in [0, 0.05) is 5.70 Å². The van der Waals surface area contributed by atoms with Gasteiger partial charge in [-0.3, -0.25) is 0 Å². The van der Waals surface area contributed by atoms with E-state index in [1.807, 2.05) is 48.5 Å². The number of carbonyl (C=O) groups is 1. The topological polar surface area (TPSA) is 100 Å². The van der Waals surface area contributed by atoms with E-state index in [0.29, 0.717) is 35.3 Å². The van der Waals surface area contributed by atoms with E-state index in [2.05, 4.69) is 20.8 Å². The molecule has 0 saturated carbocycles. The Balaban J connectivity index is 1.69. The average Bonchev–Trinajstić information content (AvgIpc) is 3.25. The summed E-state index contributed by atoms with van der Waals surface area (Å²) >= 11 is 0. The van der Waals surface area contributed by atoms with Crippen LogP contribution < -0.4 is 14.8 Å². The number of anilines is 1. The number of aromatic nitrogens is 4. The number of fused-ring (bicyclic) bond motifs is 1. The van der Waals surface area contributed by atoms with Gasteiger partial charge in [-0.05, 0) is 47.5 Å². The van der Waals surface area contributed by atoms with Crippen LogP contribution in [0.2, 0.25) is 0 Å². The van der Waals surface area contributed by atoms with Crippen molar-refractivity contribution >= 4 is 11.9 Å². The smallest absolute Gasteiger partial charge is 0.338 e. The maximum atomic E-state index is 12.7. The molecule has 2 heterocycles. The summed E-state index contributed by atoms with van der Waals surface area (Å²) in [5, 5.41) is 14.9. The molecule has 0 bridgehead atoms. The van der Waals surface area contributed by atoms with Crippen molar-refractivity contribution in [2.24, 2.45) is 0 Å². The zero-order valence-corrected chi connectivity index (χ0v) is 17.5. The third-order valence-electron chi connectivity index (χ3n) is 4.95. The maximum Gasteiger partial charge on any atom is 0.338 e. The Kier molecular flexibility index (Phi) is 5.83. The molecule has 0 saturated heterocycles. The monoisotopic (exact) mass is 421 g/mol. The molecule has 0 radical (unpaired) electrons. The van der Waals surface area contributed by atoms with Crippen LogP contribution in [0.4, 0.5) is 5.95 Å². The van der Waals surface area contributed by atoms with Crippen molar-refractivity contribution in [1.82, 2.24) is 20.2 Å². The summed E-state index contributed by atoms with van der Waals surface area (Å²) in [5.41, 5.74) is 2.88. The molecule has 0 fully saturated rings. The van der Waals surface area contributed by atoms with Crippen LogP contribution in [0.3, 0.4) is 0 Å². The summed E-state index contributed by atoms with van der Waals surface area (Å²) in [5.74, 6) is 1.16. The van der Waals surface area contributed by atoms with Gasteiger partial charge < -0.3 is 19.5 Å². The number of nitrogens with zero attached hydrogens (tertiary/aromatic N) is 4. The van der Waals surface area contributed by atoms with Gasteiger partial charge in [0.1, 0.15) is 12.6 Å². The first-order valence-electron chi connectivity index (χ1n) is 9.89. The van der Waals surface area contributed by atoms with Gasteiger partial charge in [0.15, 0.2) is 11.5 Å². The third kappa shape index (κ3) is 4.07. The van der Waals surface area contributed by atoms with Gasteiger partial charge in [-0.1, -0.05) is 41.5 Å². The van der Waals surface area contributed by atoms with Crippen LogP contribution in [-0.2, 0) is 16.1 Å². The van der Waals surface area contributed by atoms with Crippen molar-refractivity contribution in [2.75, 3.05) is 19.0 Å². The molecule has 31 heavy (non-hydrogen) atoms. The quantitative estimate of drug-likeness (QED) is 0.581. The Morgan fingerprint density at radius 3 is 2.71 bits per heavy atom. The standard InChI is InChI=1S/C22H23N5O4/c1-4-30-21(28)19-14(2)23-22-24-25-26-27(22)20(19)16-10-11-17(18(12-16)29-3)31-13-15-8-6-5-7-9-15/h5-12,20H,4,13H2,1-3H3,(H,23,24,26)/t20-/m0/s1. The predicted molar refractivity (Wildman–Crippen MR) is 113 cm³/mol. The molecule has 0 amide bonds. The van der Waals surface area contributed by atoms with E-state index in [0.717, 1.165) is 11.1 Å². The molecule has 0 spiro atoms. The second-order valence-corrected chi connectivity index (χ2v) is 6.92. The number of tetrazole rings is 1. The molecule has 3 aromatic rings. The highest BCUT2D eigenvalue weighted by atomic mass is 16.5. The van der Waals surface area contributed by atoms with Crippen LogP contribution in [0, 0.1) is 0 Å². The zero-order valence-electron chi connectivity index (χ0n) is 17.5. The Morgan fingerprint density at radius 1 is 1.16 bits per heavy atom. The van der Waals surface area contributed by atoms with E-state index in [9.17, 15) is 4.79 Å². The summed E-state index contributed by atoms with van der Waals surface area (Å²) in [6, 6.07) is 14.8. The number of hydrogen-bond donors (Lipinski definition) is 1. The Hall–Kier alpha value is -3.88. The molecule has 160 valence electrons. The minimum atomic E-state index is -0.567. The number of methoxy groups -OCH3 is 1. The molecule has 0 unspecified atom stereocenters. The van der Waals surface area contributed by atoms with Crippen molar-refractivity contribution in [3.63, 3.8) is 0 Å². The first-order chi connectivity index (χ1) is 15.1. The van der Waals surface area contributed by atoms with Crippen LogP contribution in [0.25, 0.3) is 0 Å². The fraction of sp³-hybridized carbons (Fsp3) is 0.273. The van der Waals surface area contributed by atoms with Crippen LogP contribution in [-0.4, -0.2) is 39.9 Å². The number of benzene rings is 2. The van der Waals surface area contributed by atoms with Crippen molar-refractivity contribution < 1.29 is 19.0 Å². The number of nitrogens with one attached hydrogen (secondary N) is 1. The molecule has 0 aliphatic carbocycles. The highest BCUT2D eigenvalue weighted by Crippen LogP contribution is 2.38. The minimum Gasteiger partial charge on any atom is -0.493 e. The third-order valence-corrected chi connectivity index (χ3v) is 4.95. The highest BCUT2D eigenvalue weighted by Gasteiger charge is 2.35. The van der Waals surface area contributed by atoms with E-state index in [1.165, 1.54) is 0 Å². The minimum absolute atomic E-state index is 0.264. The van der Waals surface area contributed by atoms with Crippen molar-refractivity contribution in [3.8, 4) is 11.5 Å². The molecule has 2 aromatic carbocycles. The number of hydrogen-bond acceptors (Lipinski definition) is 8. The Labute approximate surface area is 179 Å². The summed E-state index contributed by atoms with van der Waals surface area (Å²) in [6.45, 7) is 4.24. The highest BCUT2D eigenvalue weighted by molar-refractivity contribution is 5.92. The molecule has 9 nitrogen and oxygen atoms in total. The molecule has 1 atom stereocenters. The lowest BCUT2D eigenvalue weighted by Gasteiger charge is -2.27. The molecule has 1 N–H and O–H groups in total. The van der Waals surface area contributed by atoms with Gasteiger partial charge in [0.2, 0.25) is 5.95 Å². The molecular formula is C22H23N5O4. The fourth-order valence-corrected chi connectivity index (χ4v) is 3.50. The summed E-state index contributed by atoms with van der Waals surface area (Å²) in [6.07, 6.45) is 0. The summed E-state index contributed by atoms with van der Waals surface area (Å²) in [4.78, 5) is 12.7. The second-order valence-electron chi connectivity index (χ2n) is 6.92. The fourth-order valence-electron chi connectivity index (χ4n) is 3.50. The van der Waals surface area contributed by atoms with Crippen molar-refractivity contribution in [3.05, 3.63) is 70.9 Å². The summed E-state index contributed by atoms with van der Waals surface area (Å²) in [7, 11) is 1.58. The van der Waals surface area contributed by atoms with E-state index in [1.54, 1.807) is 25.6 Å². The van der Waals surface area contributed by atoms with Gasteiger partial charge in [-0.25, -0.2) is 4.79 Å². The molecule has 1 aliphatic rings. The normalized spacial score (nSPS) is 15.1. The van der Waals surface area contributed by atoms with Crippen LogP contribution in [0.15, 0.2) is 59.8 Å². The van der Waals surface area contributed by atoms with Gasteiger partial charge in [-0.2, -0.15) is 4.68 Å². The van der Waals surface area contributed by atoms with Gasteiger partial charge in [-0.15, -0.1) is 0 Å². The van der Waals surface area contributed by atoms with Crippen molar-refractivity contribution in [1.29, 1.82) is 0 Å². The molecular weight excluding hydrogens is 398 g/mol. The SMILES string of the molecule is CCOC(=O)C1=C(C)Nc2nnnn2[C@H]1c1ccc(OCc2ccccc2)c(OC)c1. The van der Waals surface area contributed by atoms with Crippen LogP contribution in [0.1, 0.15) is 31.0 Å². The van der Waals surface area contributed by atoms with Gasteiger partial charge in [0.05, 0.1) is 19.3 Å². The molecule has 1 aromatic heterocycles. The number of ether oxygens (including phenoxy) is 3. The van der Waals surface area contributed by atoms with E-state index >= 15 is 0 Å². The Morgan fingerprint density at radius 2 is 1.97 bits per heavy atom. The Bertz CT molecular complexity index is 1110. The lowest BCUT2D eigenvalue weighted by atomic mass is 9.95. The lowest BCUT2D eigenvalue weighted by molar-refractivity contribution is -0.139. The largest absolute Gasteiger partial charge is 0.493 e. The van der Waals surface area contributed by atoms with Crippen molar-refractivity contribution in [2.45, 2.75) is 26.5 Å². The van der Waals surface area contributed by atoms with Crippen LogP contribution >= 0.6 is 0 Å². The predicted octanol–water partition coefficient (Wildman–Crippen LogP) is 3.11. The number of esters is 1. The van der Waals surface area contributed by atoms with Gasteiger partial charge >= 0.3 is 5.97 Å². The van der Waals surface area contributed by atoms with Gasteiger partial charge in [0.25, 0.3) is 0 Å². The molecule has 4 rings (SSSR count). The molecule has 9 heteroatoms. The second kappa shape index (κ2) is 8.86. The van der Waals surface area contributed by atoms with Crippen LogP contribution in [0.5, 0.6) is 11.5 Å². The van der Waals surface area contributed by atoms with E-state index in [-0.39, 0.29) is 6.61 Å². The average molecular weight is 421 g/mol.